The first kappa shape index (κ1) is 13.1. The molecule has 0 fully saturated rings. The van der Waals surface area contributed by atoms with Crippen LogP contribution in [0.2, 0.25) is 0 Å². The fourth-order valence-electron chi connectivity index (χ4n) is 1.92. The van der Waals surface area contributed by atoms with E-state index in [1.807, 2.05) is 0 Å². The van der Waals surface area contributed by atoms with Gasteiger partial charge >= 0.3 is 0 Å². The third-order valence-corrected chi connectivity index (χ3v) is 2.87. The predicted octanol–water partition coefficient (Wildman–Crippen LogP) is -0.127. The number of halogens is 2. The summed E-state index contributed by atoms with van der Waals surface area (Å²) in [6, 6.07) is 0.287. The second-order valence-electron chi connectivity index (χ2n) is 3.94. The van der Waals surface area contributed by atoms with Crippen LogP contribution in [0.3, 0.4) is 0 Å². The zero-order chi connectivity index (χ0) is 14.3. The average Bonchev–Trinajstić information content (AvgIpc) is 2.66. The van der Waals surface area contributed by atoms with Crippen molar-refractivity contribution in [3.8, 4) is 0 Å². The molecule has 1 atom stereocenters. The summed E-state index contributed by atoms with van der Waals surface area (Å²) in [5, 5.41) is 0. The maximum absolute atomic E-state index is 13.7. The van der Waals surface area contributed by atoms with Gasteiger partial charge in [0.1, 0.15) is 17.7 Å². The van der Waals surface area contributed by atoms with E-state index in [0.29, 0.717) is 4.90 Å². The van der Waals surface area contributed by atoms with Crippen molar-refractivity contribution in [1.82, 2.24) is 5.43 Å². The number of amides is 2. The van der Waals surface area contributed by atoms with Gasteiger partial charge in [0.05, 0.1) is 11.3 Å². The standard InChI is InChI=1S/C11H9F2N3O3/c1-4(10(18)15-14)16-8-6(13)3-2-5(12)7(8)9(17)11(16)19/h2-4H,14H2,1H3,(H,15,18). The first-order valence-electron chi connectivity index (χ1n) is 5.26. The van der Waals surface area contributed by atoms with E-state index in [1.165, 1.54) is 6.92 Å². The molecular weight excluding hydrogens is 260 g/mol. The zero-order valence-electron chi connectivity index (χ0n) is 9.74. The number of nitrogens with zero attached hydrogens (tertiary/aromatic N) is 1. The number of ketones is 1. The lowest BCUT2D eigenvalue weighted by Gasteiger charge is -2.23. The lowest BCUT2D eigenvalue weighted by molar-refractivity contribution is -0.124. The molecule has 1 heterocycles. The van der Waals surface area contributed by atoms with Crippen LogP contribution in [0.1, 0.15) is 17.3 Å². The lowest BCUT2D eigenvalue weighted by Crippen LogP contribution is -2.49. The van der Waals surface area contributed by atoms with Crippen molar-refractivity contribution < 1.29 is 23.2 Å². The second-order valence-corrected chi connectivity index (χ2v) is 3.94. The van der Waals surface area contributed by atoms with Crippen LogP contribution in [0.25, 0.3) is 0 Å². The van der Waals surface area contributed by atoms with Crippen LogP contribution in [0.4, 0.5) is 14.5 Å². The van der Waals surface area contributed by atoms with Gasteiger partial charge in [0, 0.05) is 0 Å². The van der Waals surface area contributed by atoms with Crippen molar-refractivity contribution in [2.75, 3.05) is 4.90 Å². The summed E-state index contributed by atoms with van der Waals surface area (Å²) >= 11 is 0. The number of hydrazine groups is 1. The van der Waals surface area contributed by atoms with Crippen LogP contribution >= 0.6 is 0 Å². The number of fused-ring (bicyclic) bond motifs is 1. The van der Waals surface area contributed by atoms with Gasteiger partial charge in [-0.3, -0.25) is 24.7 Å². The number of Topliss-reactive ketones (excluding diaryl/α,β-unsaturated/α-hetero) is 1. The number of benzene rings is 1. The number of nitrogens with one attached hydrogen (secondary N) is 1. The number of hydrogen-bond donors (Lipinski definition) is 2. The highest BCUT2D eigenvalue weighted by Crippen LogP contribution is 2.34. The minimum atomic E-state index is -1.24. The number of anilines is 1. The minimum absolute atomic E-state index is 0.536. The Morgan fingerprint density at radius 2 is 1.89 bits per heavy atom. The molecule has 100 valence electrons. The Balaban J connectivity index is 2.62. The Morgan fingerprint density at radius 1 is 1.32 bits per heavy atom. The molecule has 0 aliphatic carbocycles. The van der Waals surface area contributed by atoms with Gasteiger partial charge in [0.2, 0.25) is 0 Å². The van der Waals surface area contributed by atoms with Gasteiger partial charge in [0.15, 0.2) is 0 Å². The quantitative estimate of drug-likeness (QED) is 0.338. The second kappa shape index (κ2) is 4.39. The van der Waals surface area contributed by atoms with Gasteiger partial charge < -0.3 is 0 Å². The highest BCUT2D eigenvalue weighted by atomic mass is 19.1. The third-order valence-electron chi connectivity index (χ3n) is 2.87. The van der Waals surface area contributed by atoms with E-state index in [9.17, 15) is 23.2 Å². The van der Waals surface area contributed by atoms with E-state index < -0.39 is 46.5 Å². The molecule has 6 nitrogen and oxygen atoms in total. The maximum atomic E-state index is 13.7. The molecule has 8 heteroatoms. The van der Waals surface area contributed by atoms with E-state index in [4.69, 9.17) is 5.84 Å². The Labute approximate surface area is 106 Å². The Hall–Kier alpha value is -2.35. The largest absolute Gasteiger partial charge is 0.300 e. The van der Waals surface area contributed by atoms with Crippen molar-refractivity contribution in [3.05, 3.63) is 29.3 Å². The van der Waals surface area contributed by atoms with Crippen LogP contribution in [0.5, 0.6) is 0 Å². The summed E-state index contributed by atoms with van der Waals surface area (Å²) in [4.78, 5) is 35.4. The van der Waals surface area contributed by atoms with Gasteiger partial charge in [0.25, 0.3) is 17.6 Å². The van der Waals surface area contributed by atoms with E-state index in [0.717, 1.165) is 12.1 Å². The molecule has 0 saturated carbocycles. The molecule has 0 spiro atoms. The molecule has 2 rings (SSSR count). The Bertz CT molecular complexity index is 603. The van der Waals surface area contributed by atoms with Crippen molar-refractivity contribution in [2.24, 2.45) is 5.84 Å². The molecule has 1 unspecified atom stereocenters. The van der Waals surface area contributed by atoms with Gasteiger partial charge in [-0.2, -0.15) is 0 Å². The number of nitrogens with two attached hydrogens (primary N) is 1. The molecule has 0 saturated heterocycles. The van der Waals surface area contributed by atoms with E-state index in [2.05, 4.69) is 0 Å². The van der Waals surface area contributed by atoms with Gasteiger partial charge in [-0.25, -0.2) is 14.6 Å². The SMILES string of the molecule is CC(C(=O)NN)N1C(=O)C(=O)c2c(F)ccc(F)c21. The molecule has 0 aromatic heterocycles. The fraction of sp³-hybridized carbons (Fsp3) is 0.182. The highest BCUT2D eigenvalue weighted by Gasteiger charge is 2.44. The normalized spacial score (nSPS) is 15.5. The molecule has 0 radical (unpaired) electrons. The average molecular weight is 269 g/mol. The monoisotopic (exact) mass is 269 g/mol. The summed E-state index contributed by atoms with van der Waals surface area (Å²) in [6.45, 7) is 1.24. The fourth-order valence-corrected chi connectivity index (χ4v) is 1.92. The number of rotatable bonds is 2. The maximum Gasteiger partial charge on any atom is 0.300 e. The van der Waals surface area contributed by atoms with Gasteiger partial charge in [-0.1, -0.05) is 0 Å². The summed E-state index contributed by atoms with van der Waals surface area (Å²) in [5.41, 5.74) is 0.580. The first-order valence-corrected chi connectivity index (χ1v) is 5.26. The van der Waals surface area contributed by atoms with E-state index in [1.54, 1.807) is 5.43 Å². The molecule has 1 aliphatic heterocycles. The van der Waals surface area contributed by atoms with Crippen molar-refractivity contribution in [3.63, 3.8) is 0 Å². The Kier molecular flexibility index (Phi) is 3.03. The number of carbonyl (C=O) groups excluding carboxylic acids is 3. The van der Waals surface area contributed by atoms with Crippen molar-refractivity contribution in [1.29, 1.82) is 0 Å². The van der Waals surface area contributed by atoms with Crippen LogP contribution in [0.15, 0.2) is 12.1 Å². The molecule has 1 aromatic carbocycles. The Morgan fingerprint density at radius 3 is 2.47 bits per heavy atom. The topological polar surface area (TPSA) is 92.5 Å². The van der Waals surface area contributed by atoms with Crippen LogP contribution in [0, 0.1) is 11.6 Å². The molecule has 1 aromatic rings. The zero-order valence-corrected chi connectivity index (χ0v) is 9.74. The van der Waals surface area contributed by atoms with Crippen molar-refractivity contribution in [2.45, 2.75) is 13.0 Å². The third kappa shape index (κ3) is 1.76. The van der Waals surface area contributed by atoms with E-state index in [-0.39, 0.29) is 0 Å². The first-order chi connectivity index (χ1) is 8.90. The minimum Gasteiger partial charge on any atom is -0.292 e. The van der Waals surface area contributed by atoms with Gasteiger partial charge in [-0.15, -0.1) is 0 Å². The van der Waals surface area contributed by atoms with Crippen LogP contribution < -0.4 is 16.2 Å². The molecule has 1 aliphatic rings. The summed E-state index contributed by atoms with van der Waals surface area (Å²) in [5.74, 6) is -0.233. The van der Waals surface area contributed by atoms with Crippen molar-refractivity contribution >= 4 is 23.3 Å². The molecule has 0 bridgehead atoms. The predicted molar refractivity (Wildman–Crippen MR) is 60.0 cm³/mol. The molecule has 2 amide bonds. The van der Waals surface area contributed by atoms with E-state index >= 15 is 0 Å². The van der Waals surface area contributed by atoms with Crippen LogP contribution in [-0.4, -0.2) is 23.6 Å². The van der Waals surface area contributed by atoms with Crippen LogP contribution in [-0.2, 0) is 9.59 Å². The number of carbonyl (C=O) groups is 3. The lowest BCUT2D eigenvalue weighted by atomic mass is 10.1. The smallest absolute Gasteiger partial charge is 0.292 e. The number of hydrogen-bond acceptors (Lipinski definition) is 4. The molecule has 19 heavy (non-hydrogen) atoms. The summed E-state index contributed by atoms with van der Waals surface area (Å²) < 4.78 is 27.2. The van der Waals surface area contributed by atoms with Gasteiger partial charge in [-0.05, 0) is 19.1 Å². The molecule has 3 N–H and O–H groups in total. The summed E-state index contributed by atoms with van der Waals surface area (Å²) in [7, 11) is 0. The summed E-state index contributed by atoms with van der Waals surface area (Å²) in [6.07, 6.45) is 0. The highest BCUT2D eigenvalue weighted by molar-refractivity contribution is 6.52. The molecular formula is C11H9F2N3O3.